The molecule has 0 radical (unpaired) electrons. The summed E-state index contributed by atoms with van der Waals surface area (Å²) in [5, 5.41) is 3.34. The van der Waals surface area contributed by atoms with Crippen LogP contribution in [0.15, 0.2) is 36.4 Å². The van der Waals surface area contributed by atoms with Crippen molar-refractivity contribution < 1.29 is 4.74 Å². The molecule has 0 bridgehead atoms. The average molecular weight is 256 g/mol. The zero-order valence-corrected chi connectivity index (χ0v) is 11.7. The third kappa shape index (κ3) is 3.71. The van der Waals surface area contributed by atoms with Gasteiger partial charge in [-0.3, -0.25) is 0 Å². The van der Waals surface area contributed by atoms with Gasteiger partial charge in [0.2, 0.25) is 0 Å². The third-order valence-electron chi connectivity index (χ3n) is 3.02. The van der Waals surface area contributed by atoms with Crippen LogP contribution in [-0.2, 0) is 6.42 Å². The number of anilines is 1. The fraction of sp³-hybridized carbons (Fsp3) is 0.312. The Morgan fingerprint density at radius 3 is 2.74 bits per heavy atom. The van der Waals surface area contributed by atoms with E-state index >= 15 is 0 Å². The molecule has 0 aliphatic rings. The lowest BCUT2D eigenvalue weighted by Crippen LogP contribution is -2.07. The number of rotatable bonds is 5. The summed E-state index contributed by atoms with van der Waals surface area (Å²) in [5.74, 6) is 1.87. The summed E-state index contributed by atoms with van der Waals surface area (Å²) in [7, 11) is 1.71. The van der Waals surface area contributed by atoms with Crippen LogP contribution in [-0.4, -0.2) is 18.6 Å². The molecule has 100 valence electrons. The highest BCUT2D eigenvalue weighted by Crippen LogP contribution is 2.20. The Morgan fingerprint density at radius 2 is 2.00 bits per heavy atom. The lowest BCUT2D eigenvalue weighted by Gasteiger charge is -2.10. The number of nitrogens with zero attached hydrogens (tertiary/aromatic N) is 1. The maximum absolute atomic E-state index is 5.38. The number of hydrogen-bond donors (Lipinski definition) is 1. The first-order chi connectivity index (χ1) is 9.19. The molecule has 1 aromatic heterocycles. The first-order valence-corrected chi connectivity index (χ1v) is 6.50. The molecule has 0 saturated heterocycles. The van der Waals surface area contributed by atoms with E-state index in [1.165, 1.54) is 11.1 Å². The highest BCUT2D eigenvalue weighted by Gasteiger charge is 2.03. The molecule has 0 saturated carbocycles. The van der Waals surface area contributed by atoms with Crippen molar-refractivity contribution in [3.8, 4) is 5.75 Å². The number of benzene rings is 1. The Hall–Kier alpha value is -2.03. The molecule has 0 aliphatic heterocycles. The third-order valence-corrected chi connectivity index (χ3v) is 3.02. The Labute approximate surface area is 114 Å². The van der Waals surface area contributed by atoms with Gasteiger partial charge < -0.3 is 10.1 Å². The van der Waals surface area contributed by atoms with Gasteiger partial charge in [-0.2, -0.15) is 0 Å². The second-order valence-electron chi connectivity index (χ2n) is 4.66. The Morgan fingerprint density at radius 1 is 1.16 bits per heavy atom. The van der Waals surface area contributed by atoms with Crippen molar-refractivity contribution in [3.63, 3.8) is 0 Å². The molecule has 0 unspecified atom stereocenters. The van der Waals surface area contributed by atoms with Gasteiger partial charge in [0.1, 0.15) is 11.6 Å². The Balaban J connectivity index is 1.97. The quantitative estimate of drug-likeness (QED) is 0.890. The van der Waals surface area contributed by atoms with Crippen molar-refractivity contribution in [3.05, 3.63) is 53.2 Å². The average Bonchev–Trinajstić information content (AvgIpc) is 2.39. The zero-order chi connectivity index (χ0) is 13.7. The van der Waals surface area contributed by atoms with Crippen LogP contribution in [0.25, 0.3) is 0 Å². The largest absolute Gasteiger partial charge is 0.496 e. The van der Waals surface area contributed by atoms with Gasteiger partial charge in [-0.25, -0.2) is 4.98 Å². The van der Waals surface area contributed by atoms with Crippen LogP contribution in [0, 0.1) is 13.8 Å². The van der Waals surface area contributed by atoms with Crippen LogP contribution < -0.4 is 10.1 Å². The number of aryl methyl sites for hydroxylation is 2. The van der Waals surface area contributed by atoms with Crippen molar-refractivity contribution in [1.29, 1.82) is 0 Å². The summed E-state index contributed by atoms with van der Waals surface area (Å²) in [4.78, 5) is 4.42. The van der Waals surface area contributed by atoms with Gasteiger partial charge in [-0.05, 0) is 44.0 Å². The fourth-order valence-corrected chi connectivity index (χ4v) is 2.07. The normalized spacial score (nSPS) is 10.3. The molecule has 2 aromatic rings. The van der Waals surface area contributed by atoms with Crippen LogP contribution >= 0.6 is 0 Å². The molecular formula is C16H20N2O. The Kier molecular flexibility index (Phi) is 4.39. The van der Waals surface area contributed by atoms with Gasteiger partial charge in [-0.15, -0.1) is 0 Å². The summed E-state index contributed by atoms with van der Waals surface area (Å²) in [6.45, 7) is 4.93. The summed E-state index contributed by atoms with van der Waals surface area (Å²) in [6.07, 6.45) is 0.917. The van der Waals surface area contributed by atoms with Gasteiger partial charge in [0.15, 0.2) is 0 Å². The van der Waals surface area contributed by atoms with E-state index in [0.717, 1.165) is 30.2 Å². The molecule has 0 fully saturated rings. The van der Waals surface area contributed by atoms with Gasteiger partial charge in [-0.1, -0.05) is 23.8 Å². The smallest absolute Gasteiger partial charge is 0.126 e. The molecule has 0 amide bonds. The number of pyridine rings is 1. The highest BCUT2D eigenvalue weighted by atomic mass is 16.5. The van der Waals surface area contributed by atoms with Crippen molar-refractivity contribution in [2.75, 3.05) is 19.0 Å². The number of hydrogen-bond acceptors (Lipinski definition) is 3. The standard InChI is InChI=1S/C16H20N2O/c1-12-7-8-15(19-3)14(11-12)9-10-17-16-6-4-5-13(2)18-16/h4-8,11H,9-10H2,1-3H3,(H,17,18). The van der Waals surface area contributed by atoms with Crippen LogP contribution in [0.3, 0.4) is 0 Å². The van der Waals surface area contributed by atoms with E-state index in [1.807, 2.05) is 31.2 Å². The molecule has 1 heterocycles. The van der Waals surface area contributed by atoms with Crippen LogP contribution in [0.2, 0.25) is 0 Å². The van der Waals surface area contributed by atoms with Gasteiger partial charge in [0, 0.05) is 12.2 Å². The Bertz CT molecular complexity index is 552. The van der Waals surface area contributed by atoms with Crippen molar-refractivity contribution in [2.24, 2.45) is 0 Å². The van der Waals surface area contributed by atoms with Crippen molar-refractivity contribution >= 4 is 5.82 Å². The molecule has 19 heavy (non-hydrogen) atoms. The summed E-state index contributed by atoms with van der Waals surface area (Å²) in [5.41, 5.74) is 3.50. The van der Waals surface area contributed by atoms with Gasteiger partial charge >= 0.3 is 0 Å². The van der Waals surface area contributed by atoms with Crippen molar-refractivity contribution in [2.45, 2.75) is 20.3 Å². The lowest BCUT2D eigenvalue weighted by molar-refractivity contribution is 0.410. The van der Waals surface area contributed by atoms with Crippen LogP contribution in [0.5, 0.6) is 5.75 Å². The molecule has 0 spiro atoms. The molecule has 0 atom stereocenters. The lowest BCUT2D eigenvalue weighted by atomic mass is 10.1. The van der Waals surface area contributed by atoms with Crippen LogP contribution in [0.4, 0.5) is 5.82 Å². The topological polar surface area (TPSA) is 34.1 Å². The van der Waals surface area contributed by atoms with E-state index in [2.05, 4.69) is 29.4 Å². The van der Waals surface area contributed by atoms with E-state index in [0.29, 0.717) is 0 Å². The second-order valence-corrected chi connectivity index (χ2v) is 4.66. The number of methoxy groups -OCH3 is 1. The minimum Gasteiger partial charge on any atom is -0.496 e. The van der Waals surface area contributed by atoms with Gasteiger partial charge in [0.25, 0.3) is 0 Å². The number of aromatic nitrogens is 1. The predicted octanol–water partition coefficient (Wildman–Crippen LogP) is 3.36. The highest BCUT2D eigenvalue weighted by molar-refractivity contribution is 5.39. The molecule has 1 N–H and O–H groups in total. The van der Waals surface area contributed by atoms with E-state index in [-0.39, 0.29) is 0 Å². The minimum absolute atomic E-state index is 0.844. The summed E-state index contributed by atoms with van der Waals surface area (Å²) < 4.78 is 5.38. The summed E-state index contributed by atoms with van der Waals surface area (Å²) >= 11 is 0. The van der Waals surface area contributed by atoms with E-state index in [4.69, 9.17) is 4.74 Å². The molecular weight excluding hydrogens is 236 g/mol. The fourth-order valence-electron chi connectivity index (χ4n) is 2.07. The van der Waals surface area contributed by atoms with E-state index in [9.17, 15) is 0 Å². The second kappa shape index (κ2) is 6.23. The van der Waals surface area contributed by atoms with E-state index in [1.54, 1.807) is 7.11 Å². The maximum Gasteiger partial charge on any atom is 0.126 e. The number of nitrogens with one attached hydrogen (secondary N) is 1. The minimum atomic E-state index is 0.844. The zero-order valence-electron chi connectivity index (χ0n) is 11.7. The molecule has 1 aromatic carbocycles. The molecule has 0 aliphatic carbocycles. The monoisotopic (exact) mass is 256 g/mol. The molecule has 2 rings (SSSR count). The maximum atomic E-state index is 5.38. The van der Waals surface area contributed by atoms with Crippen LogP contribution in [0.1, 0.15) is 16.8 Å². The van der Waals surface area contributed by atoms with Crippen molar-refractivity contribution in [1.82, 2.24) is 4.98 Å². The van der Waals surface area contributed by atoms with E-state index < -0.39 is 0 Å². The first-order valence-electron chi connectivity index (χ1n) is 6.50. The number of ether oxygens (including phenoxy) is 1. The molecule has 3 nitrogen and oxygen atoms in total. The predicted molar refractivity (Wildman–Crippen MR) is 78.9 cm³/mol. The first kappa shape index (κ1) is 13.4. The van der Waals surface area contributed by atoms with Gasteiger partial charge in [0.05, 0.1) is 7.11 Å². The summed E-state index contributed by atoms with van der Waals surface area (Å²) in [6, 6.07) is 12.3. The molecule has 3 heteroatoms. The SMILES string of the molecule is COc1ccc(C)cc1CCNc1cccc(C)n1.